The molecule has 2 aromatic rings. The number of rotatable bonds is 3. The number of esters is 1. The average molecular weight is 274 g/mol. The summed E-state index contributed by atoms with van der Waals surface area (Å²) in [6.07, 6.45) is 0. The minimum Gasteiger partial charge on any atom is -0.465 e. The van der Waals surface area contributed by atoms with E-state index < -0.39 is 17.8 Å². The molecule has 0 spiro atoms. The lowest BCUT2D eigenvalue weighted by Crippen LogP contribution is -2.14. The van der Waals surface area contributed by atoms with Crippen LogP contribution in [0.15, 0.2) is 42.5 Å². The molecule has 0 saturated carbocycles. The van der Waals surface area contributed by atoms with Crippen molar-refractivity contribution in [3.8, 4) is 0 Å². The maximum Gasteiger partial charge on any atom is 0.337 e. The third-order valence-electron chi connectivity index (χ3n) is 2.49. The zero-order valence-corrected chi connectivity index (χ0v) is 10.6. The van der Waals surface area contributed by atoms with E-state index in [0.29, 0.717) is 11.3 Å². The van der Waals surface area contributed by atoms with Crippen molar-refractivity contribution in [2.45, 2.75) is 0 Å². The van der Waals surface area contributed by atoms with Crippen LogP contribution in [0.3, 0.4) is 0 Å². The second-order valence-corrected chi connectivity index (χ2v) is 3.87. The number of nitrogens with zero attached hydrogens (tertiary/aromatic N) is 1. The molecule has 2 rings (SSSR count). The number of anilines is 1. The molecule has 0 aliphatic heterocycles. The molecule has 6 heteroatoms. The van der Waals surface area contributed by atoms with Gasteiger partial charge >= 0.3 is 5.97 Å². The SMILES string of the molecule is COC(=O)c1cccc(NC(=O)c2cccc(F)n2)c1. The maximum atomic E-state index is 12.9. The van der Waals surface area contributed by atoms with Gasteiger partial charge in [-0.3, -0.25) is 4.79 Å². The van der Waals surface area contributed by atoms with E-state index in [0.717, 1.165) is 6.07 Å². The Morgan fingerprint density at radius 1 is 1.20 bits per heavy atom. The third kappa shape index (κ3) is 3.17. The van der Waals surface area contributed by atoms with Crippen LogP contribution in [-0.4, -0.2) is 24.0 Å². The quantitative estimate of drug-likeness (QED) is 0.688. The first kappa shape index (κ1) is 13.7. The predicted octanol–water partition coefficient (Wildman–Crippen LogP) is 2.26. The van der Waals surface area contributed by atoms with E-state index in [9.17, 15) is 14.0 Å². The molecule has 0 aliphatic carbocycles. The molecule has 0 bridgehead atoms. The van der Waals surface area contributed by atoms with Gasteiger partial charge in [0.15, 0.2) is 0 Å². The molecule has 0 saturated heterocycles. The summed E-state index contributed by atoms with van der Waals surface area (Å²) in [6, 6.07) is 10.1. The number of benzene rings is 1. The maximum absolute atomic E-state index is 12.9. The molecule has 1 aromatic heterocycles. The first-order valence-corrected chi connectivity index (χ1v) is 5.72. The summed E-state index contributed by atoms with van der Waals surface area (Å²) in [5.41, 5.74) is 0.648. The van der Waals surface area contributed by atoms with Crippen molar-refractivity contribution in [3.63, 3.8) is 0 Å². The molecule has 20 heavy (non-hydrogen) atoms. The second-order valence-electron chi connectivity index (χ2n) is 3.87. The smallest absolute Gasteiger partial charge is 0.337 e. The summed E-state index contributed by atoms with van der Waals surface area (Å²) in [5.74, 6) is -1.81. The molecule has 102 valence electrons. The highest BCUT2D eigenvalue weighted by Crippen LogP contribution is 2.12. The van der Waals surface area contributed by atoms with E-state index in [1.165, 1.54) is 25.3 Å². The number of aromatic nitrogens is 1. The molecule has 1 amide bonds. The lowest BCUT2D eigenvalue weighted by atomic mass is 10.2. The molecule has 0 radical (unpaired) electrons. The van der Waals surface area contributed by atoms with Crippen molar-refractivity contribution in [2.24, 2.45) is 0 Å². The van der Waals surface area contributed by atoms with Crippen LogP contribution in [0.25, 0.3) is 0 Å². The van der Waals surface area contributed by atoms with Crippen molar-refractivity contribution in [2.75, 3.05) is 12.4 Å². The number of halogens is 1. The van der Waals surface area contributed by atoms with Gasteiger partial charge in [0.1, 0.15) is 5.69 Å². The van der Waals surface area contributed by atoms with Crippen LogP contribution in [-0.2, 0) is 4.74 Å². The van der Waals surface area contributed by atoms with Crippen LogP contribution >= 0.6 is 0 Å². The number of hydrogen-bond acceptors (Lipinski definition) is 4. The molecule has 1 aromatic carbocycles. The largest absolute Gasteiger partial charge is 0.465 e. The van der Waals surface area contributed by atoms with Gasteiger partial charge in [-0.2, -0.15) is 4.39 Å². The molecule has 0 fully saturated rings. The summed E-state index contributed by atoms with van der Waals surface area (Å²) in [5, 5.41) is 2.53. The van der Waals surface area contributed by atoms with E-state index in [4.69, 9.17) is 0 Å². The highest BCUT2D eigenvalue weighted by molar-refractivity contribution is 6.03. The van der Waals surface area contributed by atoms with Gasteiger partial charge in [-0.15, -0.1) is 0 Å². The number of carbonyl (C=O) groups is 2. The fraction of sp³-hybridized carbons (Fsp3) is 0.0714. The van der Waals surface area contributed by atoms with Crippen molar-refractivity contribution in [3.05, 3.63) is 59.7 Å². The Bertz CT molecular complexity index is 658. The van der Waals surface area contributed by atoms with Gasteiger partial charge in [-0.1, -0.05) is 12.1 Å². The summed E-state index contributed by atoms with van der Waals surface area (Å²) in [4.78, 5) is 26.7. The normalized spacial score (nSPS) is 9.90. The highest BCUT2D eigenvalue weighted by Gasteiger charge is 2.10. The van der Waals surface area contributed by atoms with E-state index >= 15 is 0 Å². The van der Waals surface area contributed by atoms with Gasteiger partial charge < -0.3 is 10.1 Å². The van der Waals surface area contributed by atoms with Gasteiger partial charge in [-0.05, 0) is 30.3 Å². The van der Waals surface area contributed by atoms with Crippen molar-refractivity contribution < 1.29 is 18.7 Å². The Morgan fingerprint density at radius 3 is 2.65 bits per heavy atom. The van der Waals surface area contributed by atoms with Crippen LogP contribution in [0, 0.1) is 5.95 Å². The number of carbonyl (C=O) groups excluding carboxylic acids is 2. The number of ether oxygens (including phenoxy) is 1. The van der Waals surface area contributed by atoms with E-state index in [1.807, 2.05) is 0 Å². The van der Waals surface area contributed by atoms with Crippen molar-refractivity contribution >= 4 is 17.6 Å². The monoisotopic (exact) mass is 274 g/mol. The zero-order chi connectivity index (χ0) is 14.5. The summed E-state index contributed by atoms with van der Waals surface area (Å²) >= 11 is 0. The Kier molecular flexibility index (Phi) is 4.05. The van der Waals surface area contributed by atoms with Crippen LogP contribution in [0.1, 0.15) is 20.8 Å². The number of methoxy groups -OCH3 is 1. The van der Waals surface area contributed by atoms with E-state index in [2.05, 4.69) is 15.0 Å². The van der Waals surface area contributed by atoms with Crippen LogP contribution < -0.4 is 5.32 Å². The number of nitrogens with one attached hydrogen (secondary N) is 1. The molecule has 0 unspecified atom stereocenters. The molecule has 0 atom stereocenters. The number of pyridine rings is 1. The highest BCUT2D eigenvalue weighted by atomic mass is 19.1. The number of amides is 1. The summed E-state index contributed by atoms with van der Waals surface area (Å²) in [6.45, 7) is 0. The minimum atomic E-state index is -0.735. The Labute approximate surface area is 114 Å². The van der Waals surface area contributed by atoms with Gasteiger partial charge in [0.05, 0.1) is 12.7 Å². The predicted molar refractivity (Wildman–Crippen MR) is 69.9 cm³/mol. The standard InChI is InChI=1S/C14H11FN2O3/c1-20-14(19)9-4-2-5-10(8-9)16-13(18)11-6-3-7-12(15)17-11/h2-8H,1H3,(H,16,18). The van der Waals surface area contributed by atoms with Crippen LogP contribution in [0.5, 0.6) is 0 Å². The molecule has 1 heterocycles. The molecular weight excluding hydrogens is 263 g/mol. The lowest BCUT2D eigenvalue weighted by Gasteiger charge is -2.06. The van der Waals surface area contributed by atoms with Gasteiger partial charge in [0.25, 0.3) is 5.91 Å². The minimum absolute atomic E-state index is 0.0477. The first-order valence-electron chi connectivity index (χ1n) is 5.72. The van der Waals surface area contributed by atoms with Gasteiger partial charge in [0.2, 0.25) is 5.95 Å². The topological polar surface area (TPSA) is 68.3 Å². The van der Waals surface area contributed by atoms with Crippen molar-refractivity contribution in [1.82, 2.24) is 4.98 Å². The van der Waals surface area contributed by atoms with E-state index in [1.54, 1.807) is 18.2 Å². The summed E-state index contributed by atoms with van der Waals surface area (Å²) < 4.78 is 17.5. The van der Waals surface area contributed by atoms with Crippen LogP contribution in [0.4, 0.5) is 10.1 Å². The van der Waals surface area contributed by atoms with Gasteiger partial charge in [-0.25, -0.2) is 9.78 Å². The van der Waals surface area contributed by atoms with Crippen LogP contribution in [0.2, 0.25) is 0 Å². The Hall–Kier alpha value is -2.76. The fourth-order valence-corrected chi connectivity index (χ4v) is 1.57. The van der Waals surface area contributed by atoms with E-state index in [-0.39, 0.29) is 5.69 Å². The molecule has 1 N–H and O–H groups in total. The average Bonchev–Trinajstić information content (AvgIpc) is 2.46. The third-order valence-corrected chi connectivity index (χ3v) is 2.49. The molecular formula is C14H11FN2O3. The van der Waals surface area contributed by atoms with Crippen molar-refractivity contribution in [1.29, 1.82) is 0 Å². The molecule has 5 nitrogen and oxygen atoms in total. The first-order chi connectivity index (χ1) is 9.60. The van der Waals surface area contributed by atoms with Gasteiger partial charge in [0, 0.05) is 5.69 Å². The Morgan fingerprint density at radius 2 is 1.95 bits per heavy atom. The second kappa shape index (κ2) is 5.92. The zero-order valence-electron chi connectivity index (χ0n) is 10.6. The lowest BCUT2D eigenvalue weighted by molar-refractivity contribution is 0.0600. The Balaban J connectivity index is 2.18. The number of hydrogen-bond donors (Lipinski definition) is 1. The fourth-order valence-electron chi connectivity index (χ4n) is 1.57. The molecule has 0 aliphatic rings. The summed E-state index contributed by atoms with van der Waals surface area (Å²) in [7, 11) is 1.27.